The standard InChI is InChI=1S/C39H45N5O6S/c1-7-38(3,4)23-12-17-30(28(20-23)39(5,6)8-2)50-19-9-18-40-35(47)32-31-26-16-15-25(33(26)46)27(31)21-29(45)34(32)51-37-41-42-43-44(37)24-13-10-22(11-14-24)36(48)49/h10-14,17,20,25-26H,7-9,15-16,18-19,21H2,1-6H3,(H,40,47)(H,48,49). The molecule has 3 aliphatic carbocycles. The number of hydrogen-bond donors (Lipinski definition) is 2. The van der Waals surface area contributed by atoms with Gasteiger partial charge in [0.15, 0.2) is 5.78 Å². The van der Waals surface area contributed by atoms with E-state index in [1.54, 1.807) is 12.1 Å². The highest BCUT2D eigenvalue weighted by atomic mass is 32.2. The summed E-state index contributed by atoms with van der Waals surface area (Å²) < 4.78 is 7.72. The number of fused-ring (bicyclic) bond motifs is 4. The molecule has 2 N–H and O–H groups in total. The van der Waals surface area contributed by atoms with E-state index in [1.807, 2.05) is 0 Å². The van der Waals surface area contributed by atoms with Gasteiger partial charge in [-0.3, -0.25) is 14.4 Å². The topological polar surface area (TPSA) is 153 Å². The number of aromatic nitrogens is 4. The van der Waals surface area contributed by atoms with E-state index in [-0.39, 0.29) is 55.9 Å². The summed E-state index contributed by atoms with van der Waals surface area (Å²) >= 11 is 0.986. The Balaban J connectivity index is 1.21. The molecule has 1 aromatic heterocycles. The first kappa shape index (κ1) is 36.2. The highest BCUT2D eigenvalue weighted by Crippen LogP contribution is 2.54. The number of nitrogens with zero attached hydrogens (tertiary/aromatic N) is 4. The smallest absolute Gasteiger partial charge is 0.335 e. The van der Waals surface area contributed by atoms with Crippen molar-refractivity contribution in [1.29, 1.82) is 0 Å². The summed E-state index contributed by atoms with van der Waals surface area (Å²) in [7, 11) is 0. The predicted molar refractivity (Wildman–Crippen MR) is 193 cm³/mol. The molecule has 11 nitrogen and oxygen atoms in total. The summed E-state index contributed by atoms with van der Waals surface area (Å²) in [6.45, 7) is 14.0. The fourth-order valence-electron chi connectivity index (χ4n) is 7.09. The third-order valence-corrected chi connectivity index (χ3v) is 12.1. The zero-order chi connectivity index (χ0) is 36.7. The van der Waals surface area contributed by atoms with Crippen LogP contribution in [0.5, 0.6) is 5.75 Å². The highest BCUT2D eigenvalue weighted by Gasteiger charge is 2.51. The number of tetrazole rings is 1. The molecule has 2 unspecified atom stereocenters. The maximum Gasteiger partial charge on any atom is 0.335 e. The van der Waals surface area contributed by atoms with E-state index < -0.39 is 17.8 Å². The van der Waals surface area contributed by atoms with Crippen molar-refractivity contribution in [1.82, 2.24) is 25.5 Å². The molecule has 0 saturated heterocycles. The van der Waals surface area contributed by atoms with Crippen LogP contribution < -0.4 is 10.1 Å². The minimum atomic E-state index is -1.06. The molecule has 6 rings (SSSR count). The number of allylic oxidation sites excluding steroid dienone is 2. The normalized spacial score (nSPS) is 18.8. The lowest BCUT2D eigenvalue weighted by atomic mass is 9.76. The lowest BCUT2D eigenvalue weighted by Gasteiger charge is -2.30. The Morgan fingerprint density at radius 3 is 2.39 bits per heavy atom. The molecule has 1 fully saturated rings. The highest BCUT2D eigenvalue weighted by molar-refractivity contribution is 8.04. The average molecular weight is 712 g/mol. The Kier molecular flexibility index (Phi) is 10.1. The number of ketones is 2. The number of amides is 1. The van der Waals surface area contributed by atoms with Crippen LogP contribution in [0.3, 0.4) is 0 Å². The number of hydrogen-bond acceptors (Lipinski definition) is 9. The zero-order valence-electron chi connectivity index (χ0n) is 30.0. The number of nitrogens with one attached hydrogen (secondary N) is 1. The number of ether oxygens (including phenoxy) is 1. The number of Topliss-reactive ketones (excluding diaryl/α,β-unsaturated/α-hetero) is 2. The van der Waals surface area contributed by atoms with Gasteiger partial charge in [-0.25, -0.2) is 4.79 Å². The van der Waals surface area contributed by atoms with Crippen LogP contribution in [0.2, 0.25) is 0 Å². The third-order valence-electron chi connectivity index (χ3n) is 11.0. The van der Waals surface area contributed by atoms with Crippen molar-refractivity contribution in [2.45, 2.75) is 96.1 Å². The molecule has 1 amide bonds. The number of carbonyl (C=O) groups excluding carboxylic acids is 3. The summed E-state index contributed by atoms with van der Waals surface area (Å²) in [5.74, 6) is -1.53. The maximum absolute atomic E-state index is 14.0. The number of rotatable bonds is 14. The molecule has 268 valence electrons. The van der Waals surface area contributed by atoms with Gasteiger partial charge >= 0.3 is 5.97 Å². The van der Waals surface area contributed by atoms with Gasteiger partial charge in [0.1, 0.15) is 11.5 Å². The van der Waals surface area contributed by atoms with Gasteiger partial charge in [0.05, 0.1) is 28.3 Å². The molecule has 0 spiro atoms. The first-order valence-corrected chi connectivity index (χ1v) is 18.5. The summed E-state index contributed by atoms with van der Waals surface area (Å²) in [6, 6.07) is 12.5. The van der Waals surface area contributed by atoms with Gasteiger partial charge in [0.25, 0.3) is 5.91 Å². The molecule has 0 radical (unpaired) electrons. The second-order valence-electron chi connectivity index (χ2n) is 14.8. The molecule has 3 aromatic rings. The van der Waals surface area contributed by atoms with Crippen LogP contribution in [-0.2, 0) is 25.2 Å². The second kappa shape index (κ2) is 14.2. The SMILES string of the molecule is CCC(C)(C)c1ccc(OCCCNC(=O)C2=C(Sc3nnnn3-c3ccc(C(=O)O)cc3)C(=O)CC3=C2C2CCC3C2=O)c(C(C)(C)CC)c1. The molecule has 1 saturated carbocycles. The monoisotopic (exact) mass is 711 g/mol. The number of thioether (sulfide) groups is 1. The first-order chi connectivity index (χ1) is 24.3. The van der Waals surface area contributed by atoms with E-state index in [4.69, 9.17) is 4.74 Å². The van der Waals surface area contributed by atoms with E-state index in [2.05, 4.69) is 80.6 Å². The molecular formula is C39H45N5O6S. The minimum absolute atomic E-state index is 0.0478. The molecule has 0 aliphatic heterocycles. The maximum atomic E-state index is 14.0. The van der Waals surface area contributed by atoms with Crippen LogP contribution in [0.4, 0.5) is 0 Å². The van der Waals surface area contributed by atoms with E-state index >= 15 is 0 Å². The van der Waals surface area contributed by atoms with Gasteiger partial charge < -0.3 is 15.2 Å². The van der Waals surface area contributed by atoms with Crippen molar-refractivity contribution in [2.24, 2.45) is 11.8 Å². The van der Waals surface area contributed by atoms with E-state index in [0.717, 1.165) is 35.9 Å². The minimum Gasteiger partial charge on any atom is -0.493 e. The van der Waals surface area contributed by atoms with Crippen LogP contribution in [-0.4, -0.2) is 61.9 Å². The molecule has 2 bridgehead atoms. The van der Waals surface area contributed by atoms with Gasteiger partial charge in [-0.05, 0) is 112 Å². The van der Waals surface area contributed by atoms with Crippen LogP contribution in [0.1, 0.15) is 102 Å². The van der Waals surface area contributed by atoms with E-state index in [1.165, 1.54) is 27.9 Å². The van der Waals surface area contributed by atoms with Crippen LogP contribution in [0.25, 0.3) is 5.69 Å². The third kappa shape index (κ3) is 6.90. The number of benzene rings is 2. The fraction of sp³-hybridized carbons (Fsp3) is 0.462. The van der Waals surface area contributed by atoms with Crippen molar-refractivity contribution >= 4 is 35.2 Å². The van der Waals surface area contributed by atoms with Crippen molar-refractivity contribution < 1.29 is 29.0 Å². The number of carboxylic acids is 1. The van der Waals surface area contributed by atoms with Crippen LogP contribution >= 0.6 is 11.8 Å². The van der Waals surface area contributed by atoms with Gasteiger partial charge in [0.2, 0.25) is 5.16 Å². The molecule has 2 aromatic carbocycles. The molecule has 1 heterocycles. The van der Waals surface area contributed by atoms with Crippen LogP contribution in [0.15, 0.2) is 69.2 Å². The summed E-state index contributed by atoms with van der Waals surface area (Å²) in [6.07, 6.45) is 3.93. The molecule has 3 aliphatic rings. The largest absolute Gasteiger partial charge is 0.493 e. The second-order valence-corrected chi connectivity index (χ2v) is 15.8. The van der Waals surface area contributed by atoms with Crippen molar-refractivity contribution in [3.63, 3.8) is 0 Å². The molecular weight excluding hydrogens is 667 g/mol. The van der Waals surface area contributed by atoms with Crippen molar-refractivity contribution in [3.8, 4) is 11.4 Å². The zero-order valence-corrected chi connectivity index (χ0v) is 30.9. The Morgan fingerprint density at radius 2 is 1.71 bits per heavy atom. The average Bonchev–Trinajstić information content (AvgIpc) is 3.81. The van der Waals surface area contributed by atoms with Gasteiger partial charge in [-0.15, -0.1) is 5.10 Å². The molecule has 12 heteroatoms. The number of carbonyl (C=O) groups is 4. The summed E-state index contributed by atoms with van der Waals surface area (Å²) in [5, 5.41) is 24.5. The van der Waals surface area contributed by atoms with E-state index in [9.17, 15) is 24.3 Å². The first-order valence-electron chi connectivity index (χ1n) is 17.7. The Morgan fingerprint density at radius 1 is 1.00 bits per heavy atom. The molecule has 2 atom stereocenters. The Labute approximate surface area is 302 Å². The Bertz CT molecular complexity index is 1960. The van der Waals surface area contributed by atoms with Gasteiger partial charge in [-0.2, -0.15) is 4.68 Å². The van der Waals surface area contributed by atoms with E-state index in [0.29, 0.717) is 43.7 Å². The summed E-state index contributed by atoms with van der Waals surface area (Å²) in [5.41, 5.74) is 4.69. The number of carboxylic acid groups (broad SMARTS) is 1. The lowest BCUT2D eigenvalue weighted by molar-refractivity contribution is -0.121. The van der Waals surface area contributed by atoms with Gasteiger partial charge in [-0.1, -0.05) is 53.7 Å². The number of aromatic carboxylic acids is 1. The fourth-order valence-corrected chi connectivity index (χ4v) is 8.07. The van der Waals surface area contributed by atoms with Gasteiger partial charge in [0, 0.05) is 30.4 Å². The van der Waals surface area contributed by atoms with Crippen molar-refractivity contribution in [2.75, 3.05) is 13.2 Å². The summed E-state index contributed by atoms with van der Waals surface area (Å²) in [4.78, 5) is 52.5. The van der Waals surface area contributed by atoms with Crippen molar-refractivity contribution in [3.05, 3.63) is 80.8 Å². The van der Waals surface area contributed by atoms with Crippen LogP contribution in [0, 0.1) is 11.8 Å². The predicted octanol–water partition coefficient (Wildman–Crippen LogP) is 6.55. The lowest BCUT2D eigenvalue weighted by Crippen LogP contribution is -2.32. The quantitative estimate of drug-likeness (QED) is 0.176. The molecule has 51 heavy (non-hydrogen) atoms. The Hall–Kier alpha value is -4.58.